The molecule has 3 rings (SSSR count). The summed E-state index contributed by atoms with van der Waals surface area (Å²) in [5.74, 6) is -1.65. The van der Waals surface area contributed by atoms with Crippen LogP contribution in [0.25, 0.3) is 11.0 Å². The van der Waals surface area contributed by atoms with Crippen molar-refractivity contribution < 1.29 is 27.5 Å². The molecule has 1 aromatic heterocycles. The van der Waals surface area contributed by atoms with Gasteiger partial charge in [-0.25, -0.2) is 4.57 Å². The van der Waals surface area contributed by atoms with E-state index >= 15 is 0 Å². The first-order valence-electron chi connectivity index (χ1n) is 6.45. The van der Waals surface area contributed by atoms with Gasteiger partial charge in [0.2, 0.25) is 0 Å². The molecule has 1 aliphatic heterocycles. The van der Waals surface area contributed by atoms with Gasteiger partial charge < -0.3 is 9.79 Å². The smallest absolute Gasteiger partial charge is 0.323 e. The topological polar surface area (TPSA) is 102 Å². The SMILES string of the molecule is O=c1c(=O)n(C(F)(F)F)c2cccc3c2n1C(P(=O)(O)O)CC3. The minimum Gasteiger partial charge on any atom is -0.323 e. The zero-order chi connectivity index (χ0) is 17.2. The van der Waals surface area contributed by atoms with Crippen LogP contribution in [0.3, 0.4) is 0 Å². The molecule has 2 heterocycles. The van der Waals surface area contributed by atoms with Crippen molar-refractivity contribution in [2.24, 2.45) is 0 Å². The number of hydrogen-bond donors (Lipinski definition) is 2. The predicted octanol–water partition coefficient (Wildman–Crippen LogP) is 1.26. The molecular weight excluding hydrogens is 340 g/mol. The van der Waals surface area contributed by atoms with Crippen LogP contribution < -0.4 is 11.1 Å². The van der Waals surface area contributed by atoms with Crippen LogP contribution in [-0.2, 0) is 17.3 Å². The molecule has 1 unspecified atom stereocenters. The molecule has 0 amide bonds. The Morgan fingerprint density at radius 3 is 2.39 bits per heavy atom. The van der Waals surface area contributed by atoms with Crippen molar-refractivity contribution in [1.82, 2.24) is 9.13 Å². The van der Waals surface area contributed by atoms with E-state index in [4.69, 9.17) is 0 Å². The fourth-order valence-corrected chi connectivity index (χ4v) is 3.90. The number of hydrogen-bond acceptors (Lipinski definition) is 3. The maximum Gasteiger partial charge on any atom is 0.492 e. The van der Waals surface area contributed by atoms with Crippen molar-refractivity contribution in [3.8, 4) is 0 Å². The van der Waals surface area contributed by atoms with Crippen molar-refractivity contribution >= 4 is 18.6 Å². The van der Waals surface area contributed by atoms with Crippen LogP contribution in [-0.4, -0.2) is 18.9 Å². The number of aryl methyl sites for hydroxylation is 1. The molecule has 0 aliphatic carbocycles. The van der Waals surface area contributed by atoms with E-state index in [0.717, 1.165) is 6.07 Å². The zero-order valence-corrected chi connectivity index (χ0v) is 12.2. The molecule has 0 fully saturated rings. The van der Waals surface area contributed by atoms with Gasteiger partial charge in [0, 0.05) is 0 Å². The Morgan fingerprint density at radius 1 is 1.17 bits per heavy atom. The number of para-hydroxylation sites is 1. The first-order chi connectivity index (χ1) is 10.5. The lowest BCUT2D eigenvalue weighted by Gasteiger charge is -2.29. The highest BCUT2D eigenvalue weighted by molar-refractivity contribution is 7.51. The Kier molecular flexibility index (Phi) is 3.33. The molecule has 2 N–H and O–H groups in total. The third-order valence-corrected chi connectivity index (χ3v) is 5.06. The van der Waals surface area contributed by atoms with Gasteiger partial charge in [-0.1, -0.05) is 12.1 Å². The summed E-state index contributed by atoms with van der Waals surface area (Å²) in [5, 5.41) is 0. The Morgan fingerprint density at radius 2 is 1.83 bits per heavy atom. The van der Waals surface area contributed by atoms with Crippen LogP contribution in [0.2, 0.25) is 0 Å². The van der Waals surface area contributed by atoms with Gasteiger partial charge in [-0.15, -0.1) is 13.2 Å². The quantitative estimate of drug-likeness (QED) is 0.596. The van der Waals surface area contributed by atoms with Crippen LogP contribution in [0, 0.1) is 0 Å². The van der Waals surface area contributed by atoms with Gasteiger partial charge in [0.25, 0.3) is 0 Å². The fourth-order valence-electron chi connectivity index (χ4n) is 2.92. The highest BCUT2D eigenvalue weighted by Crippen LogP contribution is 2.53. The number of rotatable bonds is 1. The monoisotopic (exact) mass is 350 g/mol. The molecule has 7 nitrogen and oxygen atoms in total. The van der Waals surface area contributed by atoms with E-state index in [1.807, 2.05) is 0 Å². The molecule has 0 bridgehead atoms. The van der Waals surface area contributed by atoms with Crippen molar-refractivity contribution in [1.29, 1.82) is 0 Å². The summed E-state index contributed by atoms with van der Waals surface area (Å²) in [6.45, 7) is 0. The van der Waals surface area contributed by atoms with E-state index < -0.39 is 40.9 Å². The standard InChI is InChI=1S/C12H10F3N2O5P/c13-12(14,15)17-7-3-1-2-6-4-5-8(23(20,21)22)16(9(6)7)10(18)11(17)19/h1-3,8H,4-5H2,(H2,20,21,22). The van der Waals surface area contributed by atoms with E-state index in [2.05, 4.69) is 0 Å². The third kappa shape index (κ3) is 2.34. The lowest BCUT2D eigenvalue weighted by Crippen LogP contribution is -2.47. The maximum atomic E-state index is 13.1. The van der Waals surface area contributed by atoms with Crippen LogP contribution in [0.15, 0.2) is 27.8 Å². The number of halogens is 3. The predicted molar refractivity (Wildman–Crippen MR) is 73.2 cm³/mol. The number of nitrogens with zero attached hydrogens (tertiary/aromatic N) is 2. The van der Waals surface area contributed by atoms with Gasteiger partial charge in [0.1, 0.15) is 5.78 Å². The van der Waals surface area contributed by atoms with Gasteiger partial charge in [-0.2, -0.15) is 0 Å². The molecule has 0 saturated carbocycles. The fraction of sp³-hybridized carbons (Fsp3) is 0.333. The molecule has 0 radical (unpaired) electrons. The van der Waals surface area contributed by atoms with Gasteiger partial charge in [0.05, 0.1) is 11.0 Å². The minimum atomic E-state index is -5.12. The Balaban J connectivity index is 2.58. The van der Waals surface area contributed by atoms with E-state index in [-0.39, 0.29) is 18.4 Å². The number of alkyl halides is 3. The van der Waals surface area contributed by atoms with Gasteiger partial charge in [0.15, 0.2) is 0 Å². The second kappa shape index (κ2) is 4.80. The van der Waals surface area contributed by atoms with Crippen molar-refractivity contribution in [2.75, 3.05) is 0 Å². The molecule has 23 heavy (non-hydrogen) atoms. The van der Waals surface area contributed by atoms with Crippen molar-refractivity contribution in [3.05, 3.63) is 44.5 Å². The van der Waals surface area contributed by atoms with E-state index in [0.29, 0.717) is 10.1 Å². The largest absolute Gasteiger partial charge is 0.492 e. The summed E-state index contributed by atoms with van der Waals surface area (Å²) < 4.78 is 50.9. The summed E-state index contributed by atoms with van der Waals surface area (Å²) in [5.41, 5.74) is -4.04. The van der Waals surface area contributed by atoms with Crippen molar-refractivity contribution in [3.63, 3.8) is 0 Å². The lowest BCUT2D eigenvalue weighted by molar-refractivity contribution is -0.203. The minimum absolute atomic E-state index is 0.0859. The second-order valence-electron chi connectivity index (χ2n) is 5.18. The summed E-state index contributed by atoms with van der Waals surface area (Å²) in [6, 6.07) is 3.75. The van der Waals surface area contributed by atoms with Crippen LogP contribution >= 0.6 is 7.60 Å². The van der Waals surface area contributed by atoms with Crippen LogP contribution in [0.1, 0.15) is 17.8 Å². The number of benzene rings is 1. The summed E-state index contributed by atoms with van der Waals surface area (Å²) in [6.07, 6.45) is -5.18. The Hall–Kier alpha value is -1.90. The van der Waals surface area contributed by atoms with Crippen LogP contribution in [0.4, 0.5) is 13.2 Å². The second-order valence-corrected chi connectivity index (χ2v) is 6.95. The lowest BCUT2D eigenvalue weighted by atomic mass is 10.0. The molecule has 1 atom stereocenters. The summed E-state index contributed by atoms with van der Waals surface area (Å²) in [4.78, 5) is 42.8. The van der Waals surface area contributed by atoms with E-state index in [9.17, 15) is 37.1 Å². The first kappa shape index (κ1) is 16.0. The average molecular weight is 350 g/mol. The summed E-state index contributed by atoms with van der Waals surface area (Å²) in [7, 11) is -4.83. The zero-order valence-electron chi connectivity index (χ0n) is 11.3. The third-order valence-electron chi connectivity index (χ3n) is 3.80. The van der Waals surface area contributed by atoms with Crippen LogP contribution in [0.5, 0.6) is 0 Å². The summed E-state index contributed by atoms with van der Waals surface area (Å²) >= 11 is 0. The number of aromatic nitrogens is 2. The molecule has 11 heteroatoms. The van der Waals surface area contributed by atoms with E-state index in [1.165, 1.54) is 12.1 Å². The first-order valence-corrected chi connectivity index (χ1v) is 8.13. The maximum absolute atomic E-state index is 13.1. The van der Waals surface area contributed by atoms with E-state index in [1.54, 1.807) is 0 Å². The normalized spacial score (nSPS) is 18.4. The van der Waals surface area contributed by atoms with Gasteiger partial charge >= 0.3 is 25.0 Å². The molecule has 2 aromatic rings. The van der Waals surface area contributed by atoms with Gasteiger partial charge in [-0.05, 0) is 24.5 Å². The Bertz CT molecular complexity index is 972. The Labute approximate surface area is 125 Å². The average Bonchev–Trinajstić information content (AvgIpc) is 2.42. The molecule has 0 saturated heterocycles. The van der Waals surface area contributed by atoms with Crippen molar-refractivity contribution in [2.45, 2.75) is 24.9 Å². The molecule has 1 aliphatic rings. The van der Waals surface area contributed by atoms with Gasteiger partial charge in [-0.3, -0.25) is 18.7 Å². The molecule has 1 aromatic carbocycles. The molecular formula is C12H10F3N2O5P. The molecule has 124 valence electrons. The molecule has 0 spiro atoms. The highest BCUT2D eigenvalue weighted by Gasteiger charge is 2.41. The highest BCUT2D eigenvalue weighted by atomic mass is 31.2.